The van der Waals surface area contributed by atoms with Gasteiger partial charge in [0.2, 0.25) is 0 Å². The Balaban J connectivity index is 2.22. The molecule has 0 amide bonds. The van der Waals surface area contributed by atoms with Gasteiger partial charge in [0.15, 0.2) is 0 Å². The van der Waals surface area contributed by atoms with Crippen LogP contribution in [-0.2, 0) is 6.54 Å². The van der Waals surface area contributed by atoms with Crippen molar-refractivity contribution in [1.29, 1.82) is 0 Å². The van der Waals surface area contributed by atoms with Gasteiger partial charge in [-0.25, -0.2) is 0 Å². The van der Waals surface area contributed by atoms with Gasteiger partial charge in [0.1, 0.15) is 5.75 Å². The molecule has 1 atom stereocenters. The van der Waals surface area contributed by atoms with Gasteiger partial charge in [-0.2, -0.15) is 0 Å². The van der Waals surface area contributed by atoms with E-state index in [-0.39, 0.29) is 6.04 Å². The first-order valence-corrected chi connectivity index (χ1v) is 5.74. The fraction of sp³-hybridized carbons (Fsp3) is 0.286. The molecule has 2 N–H and O–H groups in total. The molecule has 0 aliphatic carbocycles. The van der Waals surface area contributed by atoms with Crippen molar-refractivity contribution in [2.24, 2.45) is 5.73 Å². The zero-order valence-corrected chi connectivity index (χ0v) is 10.3. The van der Waals surface area contributed by atoms with E-state index in [0.717, 1.165) is 18.0 Å². The molecule has 0 radical (unpaired) electrons. The third-order valence-corrected chi connectivity index (χ3v) is 2.82. The maximum absolute atomic E-state index is 5.92. The number of aromatic nitrogens is 1. The van der Waals surface area contributed by atoms with E-state index < -0.39 is 0 Å². The molecule has 1 heterocycles. The third kappa shape index (κ3) is 2.68. The van der Waals surface area contributed by atoms with E-state index in [1.807, 2.05) is 31.2 Å². The Morgan fingerprint density at radius 2 is 2.12 bits per heavy atom. The molecule has 1 aromatic heterocycles. The topological polar surface area (TPSA) is 40.2 Å². The lowest BCUT2D eigenvalue weighted by Crippen LogP contribution is -2.12. The van der Waals surface area contributed by atoms with Gasteiger partial charge >= 0.3 is 0 Å². The summed E-state index contributed by atoms with van der Waals surface area (Å²) in [6, 6.07) is 12.2. The molecule has 0 aliphatic heterocycles. The quantitative estimate of drug-likeness (QED) is 0.877. The molecule has 3 heteroatoms. The molecule has 3 nitrogen and oxygen atoms in total. The smallest absolute Gasteiger partial charge is 0.119 e. The zero-order chi connectivity index (χ0) is 12.3. The van der Waals surface area contributed by atoms with E-state index in [9.17, 15) is 0 Å². The third-order valence-electron chi connectivity index (χ3n) is 2.82. The number of methoxy groups -OCH3 is 1. The van der Waals surface area contributed by atoms with Crippen molar-refractivity contribution >= 4 is 0 Å². The first-order chi connectivity index (χ1) is 8.20. The van der Waals surface area contributed by atoms with Gasteiger partial charge in [-0.1, -0.05) is 12.1 Å². The summed E-state index contributed by atoms with van der Waals surface area (Å²) in [6.07, 6.45) is 2.05. The summed E-state index contributed by atoms with van der Waals surface area (Å²) in [4.78, 5) is 0. The van der Waals surface area contributed by atoms with Crippen LogP contribution in [0.4, 0.5) is 0 Å². The SMILES string of the molecule is COc1cccc(Cn2cccc2C(C)N)c1. The van der Waals surface area contributed by atoms with Crippen LogP contribution in [0.3, 0.4) is 0 Å². The zero-order valence-electron chi connectivity index (χ0n) is 10.3. The van der Waals surface area contributed by atoms with E-state index in [1.54, 1.807) is 7.11 Å². The van der Waals surface area contributed by atoms with Crippen LogP contribution < -0.4 is 10.5 Å². The molecule has 2 rings (SSSR count). The minimum absolute atomic E-state index is 0.0515. The van der Waals surface area contributed by atoms with Crippen molar-refractivity contribution in [3.05, 3.63) is 53.9 Å². The van der Waals surface area contributed by atoms with E-state index in [0.29, 0.717) is 0 Å². The average molecular weight is 230 g/mol. The minimum Gasteiger partial charge on any atom is -0.497 e. The summed E-state index contributed by atoms with van der Waals surface area (Å²) in [5, 5.41) is 0. The number of nitrogens with two attached hydrogens (primary N) is 1. The Morgan fingerprint density at radius 1 is 1.29 bits per heavy atom. The van der Waals surface area contributed by atoms with Crippen molar-refractivity contribution in [2.75, 3.05) is 7.11 Å². The second-order valence-electron chi connectivity index (χ2n) is 4.20. The van der Waals surface area contributed by atoms with E-state index in [2.05, 4.69) is 22.9 Å². The predicted octanol–water partition coefficient (Wildman–Crippen LogP) is 2.56. The number of hydrogen-bond donors (Lipinski definition) is 1. The lowest BCUT2D eigenvalue weighted by Gasteiger charge is -2.12. The highest BCUT2D eigenvalue weighted by Crippen LogP contribution is 2.16. The summed E-state index contributed by atoms with van der Waals surface area (Å²) < 4.78 is 7.38. The maximum Gasteiger partial charge on any atom is 0.119 e. The van der Waals surface area contributed by atoms with Gasteiger partial charge in [0.25, 0.3) is 0 Å². The monoisotopic (exact) mass is 230 g/mol. The molecule has 0 fully saturated rings. The first kappa shape index (κ1) is 11.7. The maximum atomic E-state index is 5.92. The van der Waals surface area contributed by atoms with Gasteiger partial charge < -0.3 is 15.0 Å². The second-order valence-corrected chi connectivity index (χ2v) is 4.20. The molecule has 2 aromatic rings. The van der Waals surface area contributed by atoms with Crippen LogP contribution in [0.2, 0.25) is 0 Å². The molecule has 0 aliphatic rings. The normalized spacial score (nSPS) is 12.4. The van der Waals surface area contributed by atoms with E-state index in [4.69, 9.17) is 10.5 Å². The Labute approximate surface area is 102 Å². The summed E-state index contributed by atoms with van der Waals surface area (Å²) in [7, 11) is 1.68. The molecule has 0 spiro atoms. The number of nitrogens with zero attached hydrogens (tertiary/aromatic N) is 1. The van der Waals surface area contributed by atoms with Crippen LogP contribution in [0.15, 0.2) is 42.6 Å². The number of rotatable bonds is 4. The molecule has 90 valence electrons. The number of hydrogen-bond acceptors (Lipinski definition) is 2. The fourth-order valence-electron chi connectivity index (χ4n) is 1.95. The van der Waals surface area contributed by atoms with Gasteiger partial charge in [-0.15, -0.1) is 0 Å². The van der Waals surface area contributed by atoms with Gasteiger partial charge in [-0.3, -0.25) is 0 Å². The van der Waals surface area contributed by atoms with Crippen molar-refractivity contribution < 1.29 is 4.74 Å². The van der Waals surface area contributed by atoms with Crippen LogP contribution in [0, 0.1) is 0 Å². The summed E-state index contributed by atoms with van der Waals surface area (Å²) >= 11 is 0. The lowest BCUT2D eigenvalue weighted by atomic mass is 10.2. The van der Waals surface area contributed by atoms with Crippen LogP contribution in [0.5, 0.6) is 5.75 Å². The minimum atomic E-state index is 0.0515. The predicted molar refractivity (Wildman–Crippen MR) is 69.1 cm³/mol. The Kier molecular flexibility index (Phi) is 3.49. The van der Waals surface area contributed by atoms with Crippen molar-refractivity contribution in [3.8, 4) is 5.75 Å². The van der Waals surface area contributed by atoms with Gasteiger partial charge in [0.05, 0.1) is 7.11 Å². The highest BCUT2D eigenvalue weighted by atomic mass is 16.5. The number of ether oxygens (including phenoxy) is 1. The Hall–Kier alpha value is -1.74. The van der Waals surface area contributed by atoms with Crippen molar-refractivity contribution in [2.45, 2.75) is 19.5 Å². The van der Waals surface area contributed by atoms with Gasteiger partial charge in [0, 0.05) is 24.5 Å². The fourth-order valence-corrected chi connectivity index (χ4v) is 1.95. The van der Waals surface area contributed by atoms with Crippen LogP contribution in [-0.4, -0.2) is 11.7 Å². The average Bonchev–Trinajstić information content (AvgIpc) is 2.77. The molecule has 0 bridgehead atoms. The lowest BCUT2D eigenvalue weighted by molar-refractivity contribution is 0.414. The summed E-state index contributed by atoms with van der Waals surface area (Å²) in [5.41, 5.74) is 8.28. The van der Waals surface area contributed by atoms with Crippen molar-refractivity contribution in [3.63, 3.8) is 0 Å². The van der Waals surface area contributed by atoms with Gasteiger partial charge in [-0.05, 0) is 36.8 Å². The van der Waals surface area contributed by atoms with Crippen molar-refractivity contribution in [1.82, 2.24) is 4.57 Å². The van der Waals surface area contributed by atoms with E-state index in [1.165, 1.54) is 5.56 Å². The Morgan fingerprint density at radius 3 is 2.82 bits per heavy atom. The highest BCUT2D eigenvalue weighted by molar-refractivity contribution is 5.29. The Bertz CT molecular complexity index is 488. The molecular formula is C14H18N2O. The molecule has 17 heavy (non-hydrogen) atoms. The first-order valence-electron chi connectivity index (χ1n) is 5.74. The van der Waals surface area contributed by atoms with E-state index >= 15 is 0 Å². The van der Waals surface area contributed by atoms with Crippen LogP contribution in [0.1, 0.15) is 24.2 Å². The second kappa shape index (κ2) is 5.06. The largest absolute Gasteiger partial charge is 0.497 e. The summed E-state index contributed by atoms with van der Waals surface area (Å²) in [6.45, 7) is 2.82. The summed E-state index contributed by atoms with van der Waals surface area (Å²) in [5.74, 6) is 0.886. The van der Waals surface area contributed by atoms with Crippen LogP contribution in [0.25, 0.3) is 0 Å². The number of benzene rings is 1. The highest BCUT2D eigenvalue weighted by Gasteiger charge is 2.06. The molecule has 1 aromatic carbocycles. The molecular weight excluding hydrogens is 212 g/mol. The van der Waals surface area contributed by atoms with Crippen LogP contribution >= 0.6 is 0 Å². The standard InChI is InChI=1S/C14H18N2O/c1-11(15)14-7-4-8-16(14)10-12-5-3-6-13(9-12)17-2/h3-9,11H,10,15H2,1-2H3. The molecule has 1 unspecified atom stereocenters. The molecule has 0 saturated heterocycles. The molecule has 0 saturated carbocycles.